The van der Waals surface area contributed by atoms with Crippen LogP contribution in [0.5, 0.6) is 0 Å². The van der Waals surface area contributed by atoms with E-state index in [9.17, 15) is 9.59 Å². The van der Waals surface area contributed by atoms with Crippen LogP contribution in [0, 0.1) is 19.8 Å². The van der Waals surface area contributed by atoms with Crippen LogP contribution in [0.3, 0.4) is 0 Å². The number of carbonyl (C=O) groups is 2. The smallest absolute Gasteiger partial charge is 0.254 e. The van der Waals surface area contributed by atoms with Gasteiger partial charge in [0, 0.05) is 38.2 Å². The Morgan fingerprint density at radius 3 is 2.86 bits per heavy atom. The molecule has 29 heavy (non-hydrogen) atoms. The number of nitrogens with zero attached hydrogens (tertiary/aromatic N) is 4. The van der Waals surface area contributed by atoms with Crippen LogP contribution in [0.1, 0.15) is 39.6 Å². The van der Waals surface area contributed by atoms with Gasteiger partial charge in [0.05, 0.1) is 19.1 Å². The maximum absolute atomic E-state index is 13.1. The normalized spacial score (nSPS) is 19.0. The molecule has 1 fully saturated rings. The van der Waals surface area contributed by atoms with Gasteiger partial charge < -0.3 is 19.5 Å². The van der Waals surface area contributed by atoms with Crippen LogP contribution < -0.4 is 5.32 Å². The molecule has 1 aromatic carbocycles. The SMILES string of the molecule is Cc1cccc(C(=O)N2CCc3nnc(CNC(=O)[C@@H]4CCOC4)n3CC2)c1C. The number of hydrogen-bond donors (Lipinski definition) is 1. The lowest BCUT2D eigenvalue weighted by Crippen LogP contribution is -2.34. The Hall–Kier alpha value is -2.74. The summed E-state index contributed by atoms with van der Waals surface area (Å²) < 4.78 is 7.31. The van der Waals surface area contributed by atoms with Crippen molar-refractivity contribution in [1.82, 2.24) is 25.0 Å². The van der Waals surface area contributed by atoms with Crippen molar-refractivity contribution in [2.75, 3.05) is 26.3 Å². The summed E-state index contributed by atoms with van der Waals surface area (Å²) in [6, 6.07) is 5.84. The average Bonchev–Trinajstić information content (AvgIpc) is 3.34. The monoisotopic (exact) mass is 397 g/mol. The largest absolute Gasteiger partial charge is 0.381 e. The highest BCUT2D eigenvalue weighted by molar-refractivity contribution is 5.96. The Kier molecular flexibility index (Phi) is 5.62. The molecule has 1 saturated heterocycles. The van der Waals surface area contributed by atoms with Crippen molar-refractivity contribution >= 4 is 11.8 Å². The Morgan fingerprint density at radius 1 is 1.21 bits per heavy atom. The van der Waals surface area contributed by atoms with Crippen LogP contribution >= 0.6 is 0 Å². The molecule has 1 N–H and O–H groups in total. The van der Waals surface area contributed by atoms with Crippen molar-refractivity contribution < 1.29 is 14.3 Å². The van der Waals surface area contributed by atoms with Gasteiger partial charge >= 0.3 is 0 Å². The molecule has 3 heterocycles. The molecule has 1 aromatic heterocycles. The third-order valence-electron chi connectivity index (χ3n) is 5.95. The molecule has 0 saturated carbocycles. The van der Waals surface area contributed by atoms with E-state index >= 15 is 0 Å². The Bertz CT molecular complexity index is 917. The summed E-state index contributed by atoms with van der Waals surface area (Å²) in [4.78, 5) is 27.2. The van der Waals surface area contributed by atoms with Gasteiger partial charge in [0.25, 0.3) is 5.91 Å². The minimum Gasteiger partial charge on any atom is -0.381 e. The first-order valence-electron chi connectivity index (χ1n) is 10.2. The molecule has 4 rings (SSSR count). The predicted molar refractivity (Wildman–Crippen MR) is 106 cm³/mol. The van der Waals surface area contributed by atoms with Crippen LogP contribution in [0.4, 0.5) is 0 Å². The van der Waals surface area contributed by atoms with E-state index in [0.717, 1.165) is 34.8 Å². The van der Waals surface area contributed by atoms with E-state index in [2.05, 4.69) is 15.5 Å². The van der Waals surface area contributed by atoms with Crippen LogP contribution in [0.25, 0.3) is 0 Å². The average molecular weight is 397 g/mol. The van der Waals surface area contributed by atoms with Crippen LogP contribution in [-0.2, 0) is 29.0 Å². The molecular weight excluding hydrogens is 370 g/mol. The van der Waals surface area contributed by atoms with E-state index in [1.807, 2.05) is 41.5 Å². The topological polar surface area (TPSA) is 89.3 Å². The second kappa shape index (κ2) is 8.32. The molecule has 154 valence electrons. The molecule has 2 aliphatic rings. The predicted octanol–water partition coefficient (Wildman–Crippen LogP) is 1.25. The van der Waals surface area contributed by atoms with Crippen molar-refractivity contribution in [3.8, 4) is 0 Å². The van der Waals surface area contributed by atoms with E-state index in [0.29, 0.717) is 45.8 Å². The molecule has 0 radical (unpaired) electrons. The van der Waals surface area contributed by atoms with Gasteiger partial charge in [0.15, 0.2) is 5.82 Å². The Balaban J connectivity index is 1.41. The lowest BCUT2D eigenvalue weighted by molar-refractivity contribution is -0.125. The zero-order valence-corrected chi connectivity index (χ0v) is 17.0. The van der Waals surface area contributed by atoms with Gasteiger partial charge in [-0.3, -0.25) is 9.59 Å². The second-order valence-electron chi connectivity index (χ2n) is 7.75. The maximum atomic E-state index is 13.1. The molecule has 0 unspecified atom stereocenters. The minimum atomic E-state index is -0.0767. The van der Waals surface area contributed by atoms with E-state index in [1.165, 1.54) is 0 Å². The zero-order valence-electron chi connectivity index (χ0n) is 17.0. The number of ether oxygens (including phenoxy) is 1. The van der Waals surface area contributed by atoms with Crippen molar-refractivity contribution in [3.63, 3.8) is 0 Å². The van der Waals surface area contributed by atoms with E-state index < -0.39 is 0 Å². The Labute approximate surface area is 170 Å². The number of fused-ring (bicyclic) bond motifs is 1. The molecule has 8 nitrogen and oxygen atoms in total. The number of hydrogen-bond acceptors (Lipinski definition) is 5. The van der Waals surface area contributed by atoms with Gasteiger partial charge in [-0.15, -0.1) is 10.2 Å². The van der Waals surface area contributed by atoms with Gasteiger partial charge in [-0.2, -0.15) is 0 Å². The molecule has 0 aliphatic carbocycles. The number of rotatable bonds is 4. The summed E-state index contributed by atoms with van der Waals surface area (Å²) in [7, 11) is 0. The van der Waals surface area contributed by atoms with Gasteiger partial charge in [-0.1, -0.05) is 12.1 Å². The molecular formula is C21H27N5O3. The third-order valence-corrected chi connectivity index (χ3v) is 5.95. The van der Waals surface area contributed by atoms with Crippen molar-refractivity contribution in [2.45, 2.75) is 39.8 Å². The first-order chi connectivity index (χ1) is 14.0. The number of aryl methyl sites for hydroxylation is 1. The highest BCUT2D eigenvalue weighted by Crippen LogP contribution is 2.18. The summed E-state index contributed by atoms with van der Waals surface area (Å²) >= 11 is 0. The van der Waals surface area contributed by atoms with Crippen molar-refractivity contribution in [1.29, 1.82) is 0 Å². The number of amides is 2. The van der Waals surface area contributed by atoms with Gasteiger partial charge in [0.2, 0.25) is 5.91 Å². The van der Waals surface area contributed by atoms with E-state index in [1.54, 1.807) is 0 Å². The second-order valence-corrected chi connectivity index (χ2v) is 7.75. The number of nitrogens with one attached hydrogen (secondary N) is 1. The molecule has 8 heteroatoms. The fourth-order valence-electron chi connectivity index (χ4n) is 3.92. The van der Waals surface area contributed by atoms with Gasteiger partial charge in [-0.25, -0.2) is 0 Å². The van der Waals surface area contributed by atoms with Crippen LogP contribution in [0.2, 0.25) is 0 Å². The first kappa shape index (κ1) is 19.6. The highest BCUT2D eigenvalue weighted by Gasteiger charge is 2.26. The lowest BCUT2D eigenvalue weighted by atomic mass is 10.0. The summed E-state index contributed by atoms with van der Waals surface area (Å²) in [5.74, 6) is 1.57. The summed E-state index contributed by atoms with van der Waals surface area (Å²) in [6.45, 7) is 7.30. The summed E-state index contributed by atoms with van der Waals surface area (Å²) in [5, 5.41) is 11.5. The van der Waals surface area contributed by atoms with Crippen molar-refractivity contribution in [2.24, 2.45) is 5.92 Å². The first-order valence-corrected chi connectivity index (χ1v) is 10.2. The molecule has 2 amide bonds. The third kappa shape index (κ3) is 4.03. The number of benzene rings is 1. The molecule has 0 bridgehead atoms. The van der Waals surface area contributed by atoms with Crippen LogP contribution in [0.15, 0.2) is 18.2 Å². The molecule has 2 aromatic rings. The fraction of sp³-hybridized carbons (Fsp3) is 0.524. The number of aromatic nitrogens is 3. The van der Waals surface area contributed by atoms with Crippen LogP contribution in [-0.4, -0.2) is 57.8 Å². The zero-order chi connectivity index (χ0) is 20.4. The molecule has 0 spiro atoms. The van der Waals surface area contributed by atoms with Gasteiger partial charge in [-0.05, 0) is 37.5 Å². The Morgan fingerprint density at radius 2 is 2.07 bits per heavy atom. The summed E-state index contributed by atoms with van der Waals surface area (Å²) in [5.41, 5.74) is 2.91. The summed E-state index contributed by atoms with van der Waals surface area (Å²) in [6.07, 6.45) is 1.41. The number of carbonyl (C=O) groups excluding carboxylic acids is 2. The maximum Gasteiger partial charge on any atom is 0.254 e. The quantitative estimate of drug-likeness (QED) is 0.839. The van der Waals surface area contributed by atoms with Gasteiger partial charge in [0.1, 0.15) is 5.82 Å². The molecule has 2 aliphatic heterocycles. The fourth-order valence-corrected chi connectivity index (χ4v) is 3.92. The van der Waals surface area contributed by atoms with E-state index in [4.69, 9.17) is 4.74 Å². The minimum absolute atomic E-state index is 0.000184. The van der Waals surface area contributed by atoms with Crippen molar-refractivity contribution in [3.05, 3.63) is 46.5 Å². The highest BCUT2D eigenvalue weighted by atomic mass is 16.5. The standard InChI is InChI=1S/C21H27N5O3/c1-14-4-3-5-17(15(14)2)21(28)25-8-6-18-23-24-19(26(18)10-9-25)12-22-20(27)16-7-11-29-13-16/h3-5,16H,6-13H2,1-2H3,(H,22,27)/t16-/m1/s1. The van der Waals surface area contributed by atoms with E-state index in [-0.39, 0.29) is 17.7 Å². The molecule has 1 atom stereocenters. The lowest BCUT2D eigenvalue weighted by Gasteiger charge is -2.21.